The van der Waals surface area contributed by atoms with Crippen LogP contribution in [-0.2, 0) is 0 Å². The molecule has 0 aliphatic carbocycles. The van der Waals surface area contributed by atoms with Crippen LogP contribution in [-0.4, -0.2) is 18.1 Å². The fourth-order valence-corrected chi connectivity index (χ4v) is 2.60. The van der Waals surface area contributed by atoms with E-state index in [-0.39, 0.29) is 0 Å². The van der Waals surface area contributed by atoms with E-state index < -0.39 is 0 Å². The first-order chi connectivity index (χ1) is 10.3. The minimum Gasteiger partial charge on any atom is -0.491 e. The van der Waals surface area contributed by atoms with E-state index in [0.717, 1.165) is 24.4 Å². The number of hydrogen-bond donors (Lipinski definition) is 1. The summed E-state index contributed by atoms with van der Waals surface area (Å²) in [6, 6.07) is 14.1. The standard InChI is InChI=1S/C16H15N3O2/c17-11-5-3-8-14-15(11)18-16(21-14)19-9-4-10-20-13-7-2-1-6-12(13)19/h1-3,5-8H,4,9-10,17H2. The number of ether oxygens (including phenoxy) is 1. The van der Waals surface area contributed by atoms with Gasteiger partial charge in [-0.25, -0.2) is 0 Å². The van der Waals surface area contributed by atoms with Gasteiger partial charge in [0.25, 0.3) is 0 Å². The second-order valence-corrected chi connectivity index (χ2v) is 5.01. The molecule has 0 amide bonds. The molecular weight excluding hydrogens is 266 g/mol. The van der Waals surface area contributed by atoms with E-state index in [1.807, 2.05) is 47.4 Å². The molecule has 1 aromatic heterocycles. The van der Waals surface area contributed by atoms with Gasteiger partial charge >= 0.3 is 6.01 Å². The van der Waals surface area contributed by atoms with Crippen molar-refractivity contribution in [2.45, 2.75) is 6.42 Å². The number of para-hydroxylation sites is 3. The molecule has 5 heteroatoms. The molecule has 0 saturated heterocycles. The second kappa shape index (κ2) is 4.70. The largest absolute Gasteiger partial charge is 0.491 e. The van der Waals surface area contributed by atoms with Crippen molar-refractivity contribution in [3.8, 4) is 5.75 Å². The Bertz CT molecular complexity index is 797. The van der Waals surface area contributed by atoms with Crippen LogP contribution in [0.4, 0.5) is 17.4 Å². The summed E-state index contributed by atoms with van der Waals surface area (Å²) in [5.41, 5.74) is 8.96. The molecule has 0 fully saturated rings. The number of anilines is 3. The molecule has 4 rings (SSSR count). The SMILES string of the molecule is Nc1cccc2oc(N3CCCOc4ccccc43)nc12. The minimum absolute atomic E-state index is 0.556. The number of rotatable bonds is 1. The Labute approximate surface area is 121 Å². The summed E-state index contributed by atoms with van der Waals surface area (Å²) in [6.45, 7) is 1.49. The molecule has 0 bridgehead atoms. The van der Waals surface area contributed by atoms with Crippen LogP contribution in [0.1, 0.15) is 6.42 Å². The molecule has 2 heterocycles. The van der Waals surface area contributed by atoms with Gasteiger partial charge in [-0.15, -0.1) is 0 Å². The maximum absolute atomic E-state index is 5.96. The number of oxazole rings is 1. The van der Waals surface area contributed by atoms with Gasteiger partial charge in [-0.05, 0) is 30.7 Å². The Hall–Kier alpha value is -2.69. The van der Waals surface area contributed by atoms with Gasteiger partial charge in [-0.2, -0.15) is 4.98 Å². The Kier molecular flexibility index (Phi) is 2.70. The van der Waals surface area contributed by atoms with Crippen molar-refractivity contribution in [1.29, 1.82) is 0 Å². The summed E-state index contributed by atoms with van der Waals surface area (Å²) >= 11 is 0. The molecule has 3 aromatic rings. The smallest absolute Gasteiger partial charge is 0.303 e. The number of nitrogens with zero attached hydrogens (tertiary/aromatic N) is 2. The zero-order chi connectivity index (χ0) is 14.2. The van der Waals surface area contributed by atoms with Crippen LogP contribution in [0.5, 0.6) is 5.75 Å². The van der Waals surface area contributed by atoms with Crippen LogP contribution < -0.4 is 15.4 Å². The summed E-state index contributed by atoms with van der Waals surface area (Å²) in [7, 11) is 0. The average Bonchev–Trinajstić information content (AvgIpc) is 2.82. The Morgan fingerprint density at radius 3 is 2.90 bits per heavy atom. The lowest BCUT2D eigenvalue weighted by Crippen LogP contribution is -2.17. The third-order valence-electron chi connectivity index (χ3n) is 3.61. The third kappa shape index (κ3) is 1.98. The Balaban J connectivity index is 1.86. The second-order valence-electron chi connectivity index (χ2n) is 5.01. The number of nitrogens with two attached hydrogens (primary N) is 1. The van der Waals surface area contributed by atoms with Crippen molar-refractivity contribution < 1.29 is 9.15 Å². The number of fused-ring (bicyclic) bond motifs is 2. The summed E-state index contributed by atoms with van der Waals surface area (Å²) < 4.78 is 11.6. The summed E-state index contributed by atoms with van der Waals surface area (Å²) in [4.78, 5) is 6.60. The van der Waals surface area contributed by atoms with Gasteiger partial charge in [0.05, 0.1) is 18.0 Å². The van der Waals surface area contributed by atoms with Crippen LogP contribution in [0, 0.1) is 0 Å². The first-order valence-electron chi connectivity index (χ1n) is 6.97. The fraction of sp³-hybridized carbons (Fsp3) is 0.188. The highest BCUT2D eigenvalue weighted by atomic mass is 16.5. The average molecular weight is 281 g/mol. The lowest BCUT2D eigenvalue weighted by molar-refractivity contribution is 0.322. The predicted octanol–water partition coefficient (Wildman–Crippen LogP) is 3.33. The third-order valence-corrected chi connectivity index (χ3v) is 3.61. The highest BCUT2D eigenvalue weighted by Gasteiger charge is 2.22. The van der Waals surface area contributed by atoms with Crippen LogP contribution >= 0.6 is 0 Å². The lowest BCUT2D eigenvalue weighted by atomic mass is 10.2. The summed E-state index contributed by atoms with van der Waals surface area (Å²) in [5, 5.41) is 0. The van der Waals surface area contributed by atoms with Crippen LogP contribution in [0.25, 0.3) is 11.1 Å². The Morgan fingerprint density at radius 2 is 2.00 bits per heavy atom. The first-order valence-corrected chi connectivity index (χ1v) is 6.97. The molecular formula is C16H15N3O2. The van der Waals surface area contributed by atoms with Gasteiger partial charge in [0, 0.05) is 6.54 Å². The summed E-state index contributed by atoms with van der Waals surface area (Å²) in [5.74, 6) is 0.852. The van der Waals surface area contributed by atoms with Gasteiger partial charge in [-0.3, -0.25) is 4.90 Å². The van der Waals surface area contributed by atoms with Gasteiger partial charge in [0.2, 0.25) is 0 Å². The van der Waals surface area contributed by atoms with Crippen molar-refractivity contribution >= 4 is 28.5 Å². The van der Waals surface area contributed by atoms with Crippen molar-refractivity contribution in [1.82, 2.24) is 4.98 Å². The maximum Gasteiger partial charge on any atom is 0.303 e. The molecule has 0 radical (unpaired) electrons. The van der Waals surface area contributed by atoms with E-state index in [0.29, 0.717) is 29.4 Å². The van der Waals surface area contributed by atoms with Gasteiger partial charge in [-0.1, -0.05) is 18.2 Å². The van der Waals surface area contributed by atoms with E-state index >= 15 is 0 Å². The maximum atomic E-state index is 5.96. The zero-order valence-electron chi connectivity index (χ0n) is 11.5. The zero-order valence-corrected chi connectivity index (χ0v) is 11.5. The molecule has 1 aliphatic rings. The lowest BCUT2D eigenvalue weighted by Gasteiger charge is -2.19. The van der Waals surface area contributed by atoms with Gasteiger partial charge in [0.15, 0.2) is 5.58 Å². The van der Waals surface area contributed by atoms with Crippen LogP contribution in [0.3, 0.4) is 0 Å². The molecule has 5 nitrogen and oxygen atoms in total. The normalized spacial score (nSPS) is 14.6. The van der Waals surface area contributed by atoms with Crippen LogP contribution in [0.2, 0.25) is 0 Å². The highest BCUT2D eigenvalue weighted by molar-refractivity contribution is 5.87. The van der Waals surface area contributed by atoms with Crippen molar-refractivity contribution in [3.63, 3.8) is 0 Å². The van der Waals surface area contributed by atoms with Crippen molar-refractivity contribution in [2.24, 2.45) is 0 Å². The van der Waals surface area contributed by atoms with Gasteiger partial charge < -0.3 is 14.9 Å². The van der Waals surface area contributed by atoms with Crippen molar-refractivity contribution in [2.75, 3.05) is 23.8 Å². The summed E-state index contributed by atoms with van der Waals surface area (Å²) in [6.07, 6.45) is 0.906. The monoisotopic (exact) mass is 281 g/mol. The highest BCUT2D eigenvalue weighted by Crippen LogP contribution is 2.37. The molecule has 0 spiro atoms. The minimum atomic E-state index is 0.556. The van der Waals surface area contributed by atoms with Crippen LogP contribution in [0.15, 0.2) is 46.9 Å². The number of hydrogen-bond acceptors (Lipinski definition) is 5. The number of benzene rings is 2. The Morgan fingerprint density at radius 1 is 1.10 bits per heavy atom. The molecule has 2 aromatic carbocycles. The van der Waals surface area contributed by atoms with E-state index in [4.69, 9.17) is 14.9 Å². The van der Waals surface area contributed by atoms with E-state index in [1.54, 1.807) is 0 Å². The molecule has 0 saturated carbocycles. The predicted molar refractivity (Wildman–Crippen MR) is 82.0 cm³/mol. The molecule has 0 atom stereocenters. The molecule has 106 valence electrons. The quantitative estimate of drug-likeness (QED) is 0.693. The van der Waals surface area contributed by atoms with Crippen molar-refractivity contribution in [3.05, 3.63) is 42.5 Å². The van der Waals surface area contributed by atoms with Gasteiger partial charge in [0.1, 0.15) is 11.3 Å². The van der Waals surface area contributed by atoms with E-state index in [1.165, 1.54) is 0 Å². The first kappa shape index (κ1) is 12.1. The number of aromatic nitrogens is 1. The van der Waals surface area contributed by atoms with E-state index in [2.05, 4.69) is 4.98 Å². The molecule has 0 unspecified atom stereocenters. The molecule has 2 N–H and O–H groups in total. The van der Waals surface area contributed by atoms with E-state index in [9.17, 15) is 0 Å². The fourth-order valence-electron chi connectivity index (χ4n) is 2.60. The topological polar surface area (TPSA) is 64.5 Å². The molecule has 1 aliphatic heterocycles. The molecule has 21 heavy (non-hydrogen) atoms. The number of nitrogen functional groups attached to an aromatic ring is 1.